The average Bonchev–Trinajstić information content (AvgIpc) is 3.17. The molecule has 168 valence electrons. The summed E-state index contributed by atoms with van der Waals surface area (Å²) in [6.07, 6.45) is 0. The Balaban J connectivity index is 1.54. The first-order valence-electron chi connectivity index (χ1n) is 10.6. The lowest BCUT2D eigenvalue weighted by Crippen LogP contribution is -2.34. The summed E-state index contributed by atoms with van der Waals surface area (Å²) in [5.41, 5.74) is 6.07. The molecule has 1 amide bonds. The van der Waals surface area contributed by atoms with E-state index in [4.69, 9.17) is 16.6 Å². The molecular weight excluding hydrogens is 434 g/mol. The summed E-state index contributed by atoms with van der Waals surface area (Å²) in [5.74, 6) is 0.409. The fraction of sp³-hybridized carbons (Fsp3) is 0.192. The molecule has 1 aromatic heterocycles. The quantitative estimate of drug-likeness (QED) is 0.254. The first-order chi connectivity index (χ1) is 15.7. The van der Waals surface area contributed by atoms with Gasteiger partial charge in [0, 0.05) is 11.3 Å². The SMILES string of the molecule is Cc1cc(C)cc(C(=O)NC(=S)Nc2ccc(O)c(-c3nc4cc(C(C)C)ccc4o3)c2)c1. The Morgan fingerprint density at radius 3 is 2.45 bits per heavy atom. The molecule has 0 aliphatic carbocycles. The second-order valence-corrected chi connectivity index (χ2v) is 8.83. The second-order valence-electron chi connectivity index (χ2n) is 8.42. The molecule has 0 aliphatic heterocycles. The van der Waals surface area contributed by atoms with Crippen LogP contribution in [0.5, 0.6) is 5.75 Å². The zero-order valence-corrected chi connectivity index (χ0v) is 19.7. The lowest BCUT2D eigenvalue weighted by molar-refractivity contribution is 0.0977. The number of rotatable bonds is 4. The van der Waals surface area contributed by atoms with E-state index in [0.717, 1.165) is 22.2 Å². The molecule has 4 rings (SSSR count). The van der Waals surface area contributed by atoms with Crippen LogP contribution in [0.1, 0.15) is 46.8 Å². The summed E-state index contributed by atoms with van der Waals surface area (Å²) in [6.45, 7) is 8.11. The molecule has 0 saturated carbocycles. The van der Waals surface area contributed by atoms with Gasteiger partial charge in [-0.15, -0.1) is 0 Å². The number of oxazole rings is 1. The van der Waals surface area contributed by atoms with E-state index in [1.807, 2.05) is 50.2 Å². The molecule has 0 saturated heterocycles. The molecule has 0 unspecified atom stereocenters. The summed E-state index contributed by atoms with van der Waals surface area (Å²) < 4.78 is 5.87. The van der Waals surface area contributed by atoms with Gasteiger partial charge in [0.05, 0.1) is 5.56 Å². The third kappa shape index (κ3) is 5.04. The topological polar surface area (TPSA) is 87.4 Å². The number of aromatic hydroxyl groups is 1. The molecule has 4 aromatic rings. The number of benzene rings is 3. The largest absolute Gasteiger partial charge is 0.507 e. The van der Waals surface area contributed by atoms with E-state index in [2.05, 4.69) is 29.5 Å². The maximum absolute atomic E-state index is 12.6. The Bertz CT molecular complexity index is 1350. The normalized spacial score (nSPS) is 11.1. The number of thiocarbonyl (C=S) groups is 1. The number of fused-ring (bicyclic) bond motifs is 1. The molecule has 0 fully saturated rings. The monoisotopic (exact) mass is 459 g/mol. The molecule has 6 nitrogen and oxygen atoms in total. The van der Waals surface area contributed by atoms with Gasteiger partial charge in [-0.25, -0.2) is 4.98 Å². The first-order valence-corrected chi connectivity index (χ1v) is 11.0. The van der Waals surface area contributed by atoms with Crippen LogP contribution in [-0.2, 0) is 0 Å². The average molecular weight is 460 g/mol. The Morgan fingerprint density at radius 2 is 1.76 bits per heavy atom. The van der Waals surface area contributed by atoms with E-state index >= 15 is 0 Å². The van der Waals surface area contributed by atoms with Crippen LogP contribution in [0.2, 0.25) is 0 Å². The molecule has 0 aliphatic rings. The summed E-state index contributed by atoms with van der Waals surface area (Å²) in [4.78, 5) is 17.1. The van der Waals surface area contributed by atoms with Crippen molar-refractivity contribution in [3.63, 3.8) is 0 Å². The molecule has 1 heterocycles. The highest BCUT2D eigenvalue weighted by Gasteiger charge is 2.15. The van der Waals surface area contributed by atoms with E-state index in [1.54, 1.807) is 12.1 Å². The number of phenols is 1. The number of hydrogen-bond donors (Lipinski definition) is 3. The van der Waals surface area contributed by atoms with Crippen LogP contribution in [0.15, 0.2) is 59.0 Å². The van der Waals surface area contributed by atoms with Gasteiger partial charge < -0.3 is 14.8 Å². The van der Waals surface area contributed by atoms with Crippen LogP contribution in [0.4, 0.5) is 5.69 Å². The van der Waals surface area contributed by atoms with Crippen molar-refractivity contribution in [2.24, 2.45) is 0 Å². The Hall–Kier alpha value is -3.71. The third-order valence-electron chi connectivity index (χ3n) is 5.27. The first kappa shape index (κ1) is 22.5. The number of carbonyl (C=O) groups is 1. The molecule has 3 N–H and O–H groups in total. The third-order valence-corrected chi connectivity index (χ3v) is 5.48. The van der Waals surface area contributed by atoms with Gasteiger partial charge >= 0.3 is 0 Å². The number of nitrogens with one attached hydrogen (secondary N) is 2. The van der Waals surface area contributed by atoms with E-state index in [9.17, 15) is 9.90 Å². The number of carbonyl (C=O) groups excluding carboxylic acids is 1. The summed E-state index contributed by atoms with van der Waals surface area (Å²) in [6, 6.07) is 16.4. The predicted molar refractivity (Wildman–Crippen MR) is 135 cm³/mol. The number of anilines is 1. The van der Waals surface area contributed by atoms with E-state index < -0.39 is 0 Å². The van der Waals surface area contributed by atoms with Crippen LogP contribution >= 0.6 is 12.2 Å². The van der Waals surface area contributed by atoms with Crippen molar-refractivity contribution < 1.29 is 14.3 Å². The van der Waals surface area contributed by atoms with Gasteiger partial charge in [0.25, 0.3) is 5.91 Å². The van der Waals surface area contributed by atoms with E-state index in [0.29, 0.717) is 34.2 Å². The van der Waals surface area contributed by atoms with Crippen LogP contribution in [-0.4, -0.2) is 21.1 Å². The highest BCUT2D eigenvalue weighted by atomic mass is 32.1. The van der Waals surface area contributed by atoms with E-state index in [-0.39, 0.29) is 16.8 Å². The molecule has 33 heavy (non-hydrogen) atoms. The number of phenolic OH excluding ortho intramolecular Hbond substituents is 1. The van der Waals surface area contributed by atoms with Gasteiger partial charge in [0.1, 0.15) is 11.3 Å². The zero-order chi connectivity index (χ0) is 23.7. The van der Waals surface area contributed by atoms with Crippen LogP contribution < -0.4 is 10.6 Å². The fourth-order valence-corrected chi connectivity index (χ4v) is 3.86. The molecule has 3 aromatic carbocycles. The Labute approximate surface area is 197 Å². The Morgan fingerprint density at radius 1 is 1.03 bits per heavy atom. The maximum atomic E-state index is 12.6. The molecular formula is C26H25N3O3S. The number of amides is 1. The lowest BCUT2D eigenvalue weighted by atomic mass is 10.0. The zero-order valence-electron chi connectivity index (χ0n) is 18.9. The minimum absolute atomic E-state index is 0.0291. The van der Waals surface area contributed by atoms with Gasteiger partial charge in [0.2, 0.25) is 5.89 Å². The van der Waals surface area contributed by atoms with Crippen LogP contribution in [0.25, 0.3) is 22.6 Å². The number of hydrogen-bond acceptors (Lipinski definition) is 5. The summed E-state index contributed by atoms with van der Waals surface area (Å²) in [5, 5.41) is 16.2. The van der Waals surface area contributed by atoms with Crippen molar-refractivity contribution in [2.75, 3.05) is 5.32 Å². The number of nitrogens with zero attached hydrogens (tertiary/aromatic N) is 1. The summed E-state index contributed by atoms with van der Waals surface area (Å²) >= 11 is 5.32. The maximum Gasteiger partial charge on any atom is 0.257 e. The van der Waals surface area contributed by atoms with Crippen molar-refractivity contribution in [3.8, 4) is 17.2 Å². The highest BCUT2D eigenvalue weighted by Crippen LogP contribution is 2.34. The predicted octanol–water partition coefficient (Wildman–Crippen LogP) is 6.07. The summed E-state index contributed by atoms with van der Waals surface area (Å²) in [7, 11) is 0. The molecule has 0 atom stereocenters. The minimum atomic E-state index is -0.293. The van der Waals surface area contributed by atoms with Gasteiger partial charge in [-0.05, 0) is 80.0 Å². The molecule has 0 radical (unpaired) electrons. The molecule has 0 spiro atoms. The van der Waals surface area contributed by atoms with E-state index in [1.165, 1.54) is 6.07 Å². The van der Waals surface area contributed by atoms with Crippen LogP contribution in [0, 0.1) is 13.8 Å². The van der Waals surface area contributed by atoms with Crippen molar-refractivity contribution in [1.82, 2.24) is 10.3 Å². The standard InChI is InChI=1S/C26H25N3O3S/c1-14(2)17-5-8-23-21(12-17)28-25(32-23)20-13-19(6-7-22(20)30)27-26(33)29-24(31)18-10-15(3)9-16(4)11-18/h5-14,30H,1-4H3,(H2,27,29,31,33). The van der Waals surface area contributed by atoms with Gasteiger partial charge in [-0.2, -0.15) is 0 Å². The smallest absolute Gasteiger partial charge is 0.257 e. The lowest BCUT2D eigenvalue weighted by Gasteiger charge is -2.11. The van der Waals surface area contributed by atoms with Crippen molar-refractivity contribution in [2.45, 2.75) is 33.6 Å². The Kier molecular flexibility index (Phi) is 6.16. The van der Waals surface area contributed by atoms with Gasteiger partial charge in [-0.1, -0.05) is 37.1 Å². The fourth-order valence-electron chi connectivity index (χ4n) is 3.65. The van der Waals surface area contributed by atoms with Crippen molar-refractivity contribution in [3.05, 3.63) is 76.9 Å². The number of aryl methyl sites for hydroxylation is 2. The van der Waals surface area contributed by atoms with Crippen molar-refractivity contribution >= 4 is 40.0 Å². The highest BCUT2D eigenvalue weighted by molar-refractivity contribution is 7.80. The van der Waals surface area contributed by atoms with Gasteiger partial charge in [0.15, 0.2) is 10.7 Å². The van der Waals surface area contributed by atoms with Crippen molar-refractivity contribution in [1.29, 1.82) is 0 Å². The minimum Gasteiger partial charge on any atom is -0.507 e. The number of aromatic nitrogens is 1. The molecule has 7 heteroatoms. The van der Waals surface area contributed by atoms with Gasteiger partial charge in [-0.3, -0.25) is 10.1 Å². The van der Waals surface area contributed by atoms with Crippen LogP contribution in [0.3, 0.4) is 0 Å². The second kappa shape index (κ2) is 9.03. The molecule has 0 bridgehead atoms.